The van der Waals surface area contributed by atoms with Crippen LogP contribution >= 0.6 is 0 Å². The molecule has 2 aromatic carbocycles. The second-order valence-corrected chi connectivity index (χ2v) is 10.3. The number of H-pyrrole nitrogens is 1. The maximum atomic E-state index is 14.5. The van der Waals surface area contributed by atoms with Gasteiger partial charge in [-0.2, -0.15) is 5.10 Å². The highest BCUT2D eigenvalue weighted by molar-refractivity contribution is 5.98. The number of benzene rings is 2. The molecule has 1 saturated carbocycles. The number of hydrogen-bond donors (Lipinski definition) is 2. The fraction of sp³-hybridized carbons (Fsp3) is 0.429. The fourth-order valence-corrected chi connectivity index (χ4v) is 6.23. The first kappa shape index (κ1) is 23.2. The Hall–Kier alpha value is -3.26. The molecule has 1 aliphatic heterocycles. The summed E-state index contributed by atoms with van der Waals surface area (Å²) in [4.78, 5) is 11.5. The van der Waals surface area contributed by atoms with Gasteiger partial charge in [-0.05, 0) is 80.7 Å². The normalized spacial score (nSPS) is 21.4. The van der Waals surface area contributed by atoms with Gasteiger partial charge in [-0.25, -0.2) is 8.78 Å². The van der Waals surface area contributed by atoms with Gasteiger partial charge >= 0.3 is 5.97 Å². The predicted octanol–water partition coefficient (Wildman–Crippen LogP) is 6.11. The molecule has 188 valence electrons. The van der Waals surface area contributed by atoms with E-state index in [-0.39, 0.29) is 11.8 Å². The van der Waals surface area contributed by atoms with Crippen LogP contribution in [0.5, 0.6) is 0 Å². The molecule has 36 heavy (non-hydrogen) atoms. The van der Waals surface area contributed by atoms with Crippen molar-refractivity contribution in [1.29, 1.82) is 0 Å². The average Bonchev–Trinajstić information content (AvgIpc) is 3.47. The summed E-state index contributed by atoms with van der Waals surface area (Å²) in [5.74, 6) is -2.10. The molecule has 3 heterocycles. The molecular weight excluding hydrogens is 464 g/mol. The highest BCUT2D eigenvalue weighted by atomic mass is 19.2. The van der Waals surface area contributed by atoms with Crippen LogP contribution in [0.2, 0.25) is 0 Å². The number of carbonyl (C=O) groups is 1. The molecule has 8 heteroatoms. The van der Waals surface area contributed by atoms with Crippen LogP contribution in [0, 0.1) is 23.5 Å². The quantitative estimate of drug-likeness (QED) is 0.351. The Balaban J connectivity index is 1.54. The smallest absolute Gasteiger partial charge is 0.306 e. The van der Waals surface area contributed by atoms with Crippen LogP contribution in [0.15, 0.2) is 36.5 Å². The highest BCUT2D eigenvalue weighted by Crippen LogP contribution is 2.42. The van der Waals surface area contributed by atoms with Crippen molar-refractivity contribution in [3.63, 3.8) is 0 Å². The van der Waals surface area contributed by atoms with Crippen LogP contribution in [-0.4, -0.2) is 39.1 Å². The third kappa shape index (κ3) is 4.07. The summed E-state index contributed by atoms with van der Waals surface area (Å²) >= 11 is 0. The van der Waals surface area contributed by atoms with E-state index in [4.69, 9.17) is 4.74 Å². The monoisotopic (exact) mass is 493 g/mol. The number of rotatable bonds is 5. The average molecular weight is 494 g/mol. The van der Waals surface area contributed by atoms with Crippen LogP contribution in [0.3, 0.4) is 0 Å². The number of aromatic amines is 1. The van der Waals surface area contributed by atoms with E-state index in [2.05, 4.69) is 26.9 Å². The van der Waals surface area contributed by atoms with E-state index >= 15 is 0 Å². The first-order valence-electron chi connectivity index (χ1n) is 12.8. The Morgan fingerprint density at radius 1 is 1.06 bits per heavy atom. The molecule has 2 fully saturated rings. The van der Waals surface area contributed by atoms with E-state index in [1.807, 2.05) is 0 Å². The third-order valence-electron chi connectivity index (χ3n) is 8.13. The van der Waals surface area contributed by atoms with Crippen LogP contribution in [-0.2, 0) is 16.0 Å². The second-order valence-electron chi connectivity index (χ2n) is 10.3. The van der Waals surface area contributed by atoms with Gasteiger partial charge in [0.1, 0.15) is 0 Å². The highest BCUT2D eigenvalue weighted by Gasteiger charge is 2.31. The van der Waals surface area contributed by atoms with E-state index in [1.165, 1.54) is 17.7 Å². The van der Waals surface area contributed by atoms with Crippen molar-refractivity contribution in [3.8, 4) is 5.69 Å². The van der Waals surface area contributed by atoms with Gasteiger partial charge in [0, 0.05) is 47.4 Å². The molecule has 2 N–H and O–H groups in total. The molecule has 1 saturated heterocycles. The number of nitrogens with one attached hydrogen (secondary N) is 1. The summed E-state index contributed by atoms with van der Waals surface area (Å²) in [6, 6.07) is 8.30. The SMILES string of the molecule is O=C(O)C1CCC(Cc2c(C3CCOCC3)n(-c3ccc(F)c(F)c3)c3cc4cn[nH]c4cc23)CC1. The topological polar surface area (TPSA) is 80.1 Å². The first-order valence-corrected chi connectivity index (χ1v) is 12.8. The van der Waals surface area contributed by atoms with E-state index in [9.17, 15) is 18.7 Å². The molecule has 0 unspecified atom stereocenters. The van der Waals surface area contributed by atoms with Gasteiger partial charge in [0.25, 0.3) is 0 Å². The number of carboxylic acids is 1. The minimum absolute atomic E-state index is 0.223. The molecule has 2 aliphatic rings. The lowest BCUT2D eigenvalue weighted by atomic mass is 9.78. The molecule has 0 amide bonds. The molecule has 0 bridgehead atoms. The minimum Gasteiger partial charge on any atom is -0.481 e. The maximum Gasteiger partial charge on any atom is 0.306 e. The van der Waals surface area contributed by atoms with E-state index in [0.717, 1.165) is 59.6 Å². The van der Waals surface area contributed by atoms with Crippen molar-refractivity contribution in [3.05, 3.63) is 59.4 Å². The number of carboxylic acid groups (broad SMARTS) is 1. The number of nitrogens with zero attached hydrogens (tertiary/aromatic N) is 2. The molecule has 2 aromatic heterocycles. The fourth-order valence-electron chi connectivity index (χ4n) is 6.23. The van der Waals surface area contributed by atoms with Gasteiger partial charge in [0.05, 0.1) is 23.1 Å². The Labute approximate surface area is 207 Å². The summed E-state index contributed by atoms with van der Waals surface area (Å²) in [6.07, 6.45) is 7.45. The zero-order valence-electron chi connectivity index (χ0n) is 20.0. The molecule has 6 rings (SSSR count). The summed E-state index contributed by atoms with van der Waals surface area (Å²) in [5, 5.41) is 18.7. The second kappa shape index (κ2) is 9.32. The van der Waals surface area contributed by atoms with Crippen LogP contribution in [0.1, 0.15) is 55.7 Å². The Morgan fingerprint density at radius 3 is 2.56 bits per heavy atom. The molecule has 0 spiro atoms. The van der Waals surface area contributed by atoms with Crippen LogP contribution in [0.4, 0.5) is 8.78 Å². The van der Waals surface area contributed by atoms with Crippen LogP contribution in [0.25, 0.3) is 27.5 Å². The lowest BCUT2D eigenvalue weighted by Gasteiger charge is -2.29. The first-order chi connectivity index (χ1) is 17.5. The van der Waals surface area contributed by atoms with Gasteiger partial charge in [-0.1, -0.05) is 0 Å². The lowest BCUT2D eigenvalue weighted by molar-refractivity contribution is -0.143. The number of fused-ring (bicyclic) bond motifs is 2. The zero-order chi connectivity index (χ0) is 24.8. The molecule has 6 nitrogen and oxygen atoms in total. The van der Waals surface area contributed by atoms with Gasteiger partial charge in [-0.3, -0.25) is 9.89 Å². The molecule has 0 atom stereocenters. The lowest BCUT2D eigenvalue weighted by Crippen LogP contribution is -2.23. The molecular formula is C28H29F2N3O3. The summed E-state index contributed by atoms with van der Waals surface area (Å²) in [7, 11) is 0. The van der Waals surface area contributed by atoms with Crippen LogP contribution < -0.4 is 0 Å². The van der Waals surface area contributed by atoms with Crippen molar-refractivity contribution in [2.45, 2.75) is 50.9 Å². The number of ether oxygens (including phenoxy) is 1. The number of hydrogen-bond acceptors (Lipinski definition) is 3. The maximum absolute atomic E-state index is 14.5. The number of aromatic nitrogens is 3. The minimum atomic E-state index is -0.870. The standard InChI is InChI=1S/C28H29F2N3O3/c29-23-6-5-20(13-24(23)30)33-26-12-19-15-31-32-25(19)14-21(26)22(27(33)17-7-9-36-10-8-17)11-16-1-3-18(4-2-16)28(34)35/h5-6,12-18H,1-4,7-11H2,(H,31,32)(H,34,35). The van der Waals surface area contributed by atoms with Gasteiger partial charge in [-0.15, -0.1) is 0 Å². The van der Waals surface area contributed by atoms with E-state index in [1.54, 1.807) is 12.3 Å². The Bertz CT molecular complexity index is 1430. The van der Waals surface area contributed by atoms with Gasteiger partial charge < -0.3 is 14.4 Å². The van der Waals surface area contributed by atoms with E-state index in [0.29, 0.717) is 37.7 Å². The summed E-state index contributed by atoms with van der Waals surface area (Å²) in [5.41, 5.74) is 4.84. The van der Waals surface area contributed by atoms with Crippen molar-refractivity contribution in [2.75, 3.05) is 13.2 Å². The van der Waals surface area contributed by atoms with Crippen molar-refractivity contribution in [2.24, 2.45) is 11.8 Å². The molecule has 0 radical (unpaired) electrons. The van der Waals surface area contributed by atoms with Gasteiger partial charge in [0.2, 0.25) is 0 Å². The Kier molecular flexibility index (Phi) is 5.99. The van der Waals surface area contributed by atoms with Gasteiger partial charge in [0.15, 0.2) is 11.6 Å². The third-order valence-corrected chi connectivity index (χ3v) is 8.13. The number of aliphatic carboxylic acids is 1. The predicted molar refractivity (Wildman–Crippen MR) is 132 cm³/mol. The van der Waals surface area contributed by atoms with E-state index < -0.39 is 17.6 Å². The summed E-state index contributed by atoms with van der Waals surface area (Å²) < 4.78 is 36.1. The molecule has 4 aromatic rings. The number of halogens is 2. The van der Waals surface area contributed by atoms with Crippen molar-refractivity contribution < 1.29 is 23.4 Å². The van der Waals surface area contributed by atoms with Crippen molar-refractivity contribution in [1.82, 2.24) is 14.8 Å². The molecule has 1 aliphatic carbocycles. The summed E-state index contributed by atoms with van der Waals surface area (Å²) in [6.45, 7) is 1.33. The van der Waals surface area contributed by atoms with Crippen molar-refractivity contribution >= 4 is 27.8 Å². The largest absolute Gasteiger partial charge is 0.481 e. The Morgan fingerprint density at radius 2 is 1.83 bits per heavy atom. The zero-order valence-corrected chi connectivity index (χ0v) is 20.0.